The first kappa shape index (κ1) is 10.7. The molecule has 2 rings (SSSR count). The fourth-order valence-corrected chi connectivity index (χ4v) is 3.52. The lowest BCUT2D eigenvalue weighted by Crippen LogP contribution is -2.23. The molecule has 0 bridgehead atoms. The van der Waals surface area contributed by atoms with Crippen LogP contribution in [0.3, 0.4) is 0 Å². The van der Waals surface area contributed by atoms with Crippen molar-refractivity contribution in [3.63, 3.8) is 0 Å². The quantitative estimate of drug-likeness (QED) is 0.857. The van der Waals surface area contributed by atoms with Crippen LogP contribution in [-0.4, -0.2) is 6.54 Å². The van der Waals surface area contributed by atoms with E-state index in [-0.39, 0.29) is 0 Å². The number of hydrogen-bond donors (Lipinski definition) is 1. The van der Waals surface area contributed by atoms with Crippen molar-refractivity contribution in [3.05, 3.63) is 20.8 Å². The Bertz CT molecular complexity index is 293. The third-order valence-corrected chi connectivity index (χ3v) is 4.59. The summed E-state index contributed by atoms with van der Waals surface area (Å²) in [4.78, 5) is 1.49. The molecule has 0 saturated heterocycles. The molecule has 78 valence electrons. The summed E-state index contributed by atoms with van der Waals surface area (Å²) in [7, 11) is 0. The van der Waals surface area contributed by atoms with E-state index in [0.717, 1.165) is 12.5 Å². The van der Waals surface area contributed by atoms with Crippen LogP contribution in [0.15, 0.2) is 15.9 Å². The van der Waals surface area contributed by atoms with Crippen LogP contribution in [0.4, 0.5) is 0 Å². The first-order chi connectivity index (χ1) is 6.83. The third kappa shape index (κ3) is 2.38. The van der Waals surface area contributed by atoms with Gasteiger partial charge in [-0.05, 0) is 59.1 Å². The zero-order chi connectivity index (χ0) is 9.97. The van der Waals surface area contributed by atoms with Gasteiger partial charge in [0.2, 0.25) is 0 Å². The second-order valence-corrected chi connectivity index (χ2v) is 5.70. The lowest BCUT2D eigenvalue weighted by atomic mass is 10.1. The summed E-state index contributed by atoms with van der Waals surface area (Å²) >= 11 is 5.49. The molecule has 1 atom stereocenters. The Hall–Kier alpha value is 0.140. The number of halogens is 1. The van der Waals surface area contributed by atoms with Gasteiger partial charge in [-0.15, -0.1) is 11.3 Å². The largest absolute Gasteiger partial charge is 0.309 e. The van der Waals surface area contributed by atoms with Crippen LogP contribution in [0, 0.1) is 5.92 Å². The number of thiophene rings is 1. The van der Waals surface area contributed by atoms with Gasteiger partial charge in [0.05, 0.1) is 0 Å². The van der Waals surface area contributed by atoms with E-state index in [4.69, 9.17) is 0 Å². The normalized spacial score (nSPS) is 18.4. The molecule has 0 amide bonds. The van der Waals surface area contributed by atoms with Crippen LogP contribution in [0.5, 0.6) is 0 Å². The minimum atomic E-state index is 0.601. The average molecular weight is 274 g/mol. The predicted octanol–water partition coefficient (Wildman–Crippen LogP) is 3.96. The molecule has 1 heterocycles. The van der Waals surface area contributed by atoms with Crippen molar-refractivity contribution in [2.24, 2.45) is 5.92 Å². The van der Waals surface area contributed by atoms with Gasteiger partial charge in [-0.1, -0.05) is 6.92 Å². The van der Waals surface area contributed by atoms with Crippen LogP contribution in [0.2, 0.25) is 0 Å². The van der Waals surface area contributed by atoms with E-state index in [1.165, 1.54) is 28.6 Å². The molecule has 1 fully saturated rings. The fraction of sp³-hybridized carbons (Fsp3) is 0.636. The lowest BCUT2D eigenvalue weighted by Gasteiger charge is -2.16. The predicted molar refractivity (Wildman–Crippen MR) is 65.8 cm³/mol. The molecule has 1 aromatic rings. The second kappa shape index (κ2) is 4.77. The maximum absolute atomic E-state index is 3.66. The highest BCUT2D eigenvalue weighted by Gasteiger charge is 2.33. The van der Waals surface area contributed by atoms with Crippen molar-refractivity contribution in [1.29, 1.82) is 0 Å². The number of nitrogens with one attached hydrogen (secondary N) is 1. The van der Waals surface area contributed by atoms with Gasteiger partial charge in [-0.25, -0.2) is 0 Å². The maximum atomic E-state index is 3.66. The van der Waals surface area contributed by atoms with Crippen molar-refractivity contribution in [2.45, 2.75) is 32.2 Å². The highest BCUT2D eigenvalue weighted by molar-refractivity contribution is 9.10. The summed E-state index contributed by atoms with van der Waals surface area (Å²) < 4.78 is 1.28. The first-order valence-corrected chi connectivity index (χ1v) is 6.96. The van der Waals surface area contributed by atoms with Gasteiger partial charge in [0.1, 0.15) is 0 Å². The molecule has 0 spiro atoms. The van der Waals surface area contributed by atoms with Crippen LogP contribution in [0.1, 0.15) is 37.1 Å². The Morgan fingerprint density at radius 2 is 2.43 bits per heavy atom. The average Bonchev–Trinajstić information content (AvgIpc) is 2.92. The molecular weight excluding hydrogens is 258 g/mol. The van der Waals surface area contributed by atoms with E-state index < -0.39 is 0 Å². The van der Waals surface area contributed by atoms with Crippen LogP contribution < -0.4 is 5.32 Å². The molecule has 1 saturated carbocycles. The van der Waals surface area contributed by atoms with Crippen LogP contribution in [0.25, 0.3) is 0 Å². The van der Waals surface area contributed by atoms with Gasteiger partial charge in [0.15, 0.2) is 0 Å². The highest BCUT2D eigenvalue weighted by atomic mass is 79.9. The van der Waals surface area contributed by atoms with E-state index >= 15 is 0 Å². The van der Waals surface area contributed by atoms with E-state index in [2.05, 4.69) is 39.6 Å². The Kier molecular flexibility index (Phi) is 3.63. The van der Waals surface area contributed by atoms with Crippen LogP contribution in [-0.2, 0) is 0 Å². The Morgan fingerprint density at radius 3 is 2.93 bits per heavy atom. The molecule has 1 aliphatic rings. The minimum absolute atomic E-state index is 0.601. The maximum Gasteiger partial charge on any atom is 0.0454 e. The molecule has 0 aromatic carbocycles. The summed E-state index contributed by atoms with van der Waals surface area (Å²) in [5, 5.41) is 5.82. The highest BCUT2D eigenvalue weighted by Crippen LogP contribution is 2.44. The molecule has 0 radical (unpaired) electrons. The summed E-state index contributed by atoms with van der Waals surface area (Å²) in [5.74, 6) is 0.886. The molecule has 1 aromatic heterocycles. The second-order valence-electron chi connectivity index (χ2n) is 3.90. The lowest BCUT2D eigenvalue weighted by molar-refractivity contribution is 0.487. The molecule has 1 nitrogen and oxygen atoms in total. The molecule has 0 aliphatic heterocycles. The molecular formula is C11H16BrNS. The van der Waals surface area contributed by atoms with Crippen LogP contribution >= 0.6 is 27.3 Å². The van der Waals surface area contributed by atoms with Crippen molar-refractivity contribution in [2.75, 3.05) is 6.54 Å². The van der Waals surface area contributed by atoms with Crippen molar-refractivity contribution < 1.29 is 0 Å². The molecule has 14 heavy (non-hydrogen) atoms. The van der Waals surface area contributed by atoms with E-state index in [1.807, 2.05) is 11.3 Å². The van der Waals surface area contributed by atoms with Crippen molar-refractivity contribution in [1.82, 2.24) is 5.32 Å². The van der Waals surface area contributed by atoms with Gasteiger partial charge in [0.25, 0.3) is 0 Å². The SMILES string of the molecule is CCCNC(c1sccc1Br)C1CC1. The third-order valence-electron chi connectivity index (χ3n) is 2.63. The zero-order valence-corrected chi connectivity index (χ0v) is 10.8. The van der Waals surface area contributed by atoms with Gasteiger partial charge in [-0.2, -0.15) is 0 Å². The molecule has 1 N–H and O–H groups in total. The summed E-state index contributed by atoms with van der Waals surface area (Å²) in [6.07, 6.45) is 4.00. The van der Waals surface area contributed by atoms with E-state index in [1.54, 1.807) is 0 Å². The van der Waals surface area contributed by atoms with Crippen molar-refractivity contribution >= 4 is 27.3 Å². The van der Waals surface area contributed by atoms with Crippen molar-refractivity contribution in [3.8, 4) is 0 Å². The Labute approximate surface area is 98.0 Å². The Morgan fingerprint density at radius 1 is 1.64 bits per heavy atom. The zero-order valence-electron chi connectivity index (χ0n) is 8.42. The number of rotatable bonds is 5. The van der Waals surface area contributed by atoms with Gasteiger partial charge >= 0.3 is 0 Å². The smallest absolute Gasteiger partial charge is 0.0454 e. The summed E-state index contributed by atoms with van der Waals surface area (Å²) in [6, 6.07) is 2.76. The van der Waals surface area contributed by atoms with Gasteiger partial charge in [-0.3, -0.25) is 0 Å². The topological polar surface area (TPSA) is 12.0 Å². The summed E-state index contributed by atoms with van der Waals surface area (Å²) in [6.45, 7) is 3.35. The fourth-order valence-electron chi connectivity index (χ4n) is 1.73. The van der Waals surface area contributed by atoms with E-state index in [0.29, 0.717) is 6.04 Å². The molecule has 3 heteroatoms. The van der Waals surface area contributed by atoms with Gasteiger partial charge in [0, 0.05) is 15.4 Å². The minimum Gasteiger partial charge on any atom is -0.309 e. The van der Waals surface area contributed by atoms with E-state index in [9.17, 15) is 0 Å². The number of hydrogen-bond acceptors (Lipinski definition) is 2. The summed E-state index contributed by atoms with van der Waals surface area (Å²) in [5.41, 5.74) is 0. The first-order valence-electron chi connectivity index (χ1n) is 5.29. The monoisotopic (exact) mass is 273 g/mol. The molecule has 1 unspecified atom stereocenters. The van der Waals surface area contributed by atoms with Gasteiger partial charge < -0.3 is 5.32 Å². The molecule has 1 aliphatic carbocycles. The Balaban J connectivity index is 2.06. The standard InChI is InChI=1S/C11H16BrNS/c1-2-6-13-10(8-3-4-8)11-9(12)5-7-14-11/h5,7-8,10,13H,2-4,6H2,1H3.